The second-order valence-corrected chi connectivity index (χ2v) is 6.65. The summed E-state index contributed by atoms with van der Waals surface area (Å²) in [5, 5.41) is 0. The van der Waals surface area contributed by atoms with Gasteiger partial charge in [0, 0.05) is 11.8 Å². The van der Waals surface area contributed by atoms with Crippen molar-refractivity contribution in [3.63, 3.8) is 0 Å². The normalized spacial score (nSPS) is 26.4. The Balaban J connectivity index is 1.78. The largest absolute Gasteiger partial charge is 0.256 e. The molecule has 2 atom stereocenters. The molecule has 19 heavy (non-hydrogen) atoms. The molecule has 2 unspecified atom stereocenters. The number of nitrogens with zero attached hydrogens (tertiary/aromatic N) is 1. The predicted octanol–water partition coefficient (Wildman–Crippen LogP) is 4.43. The number of aromatic nitrogens is 1. The Hall–Kier alpha value is -1.63. The third-order valence-electron chi connectivity index (χ3n) is 5.41. The molecule has 0 saturated heterocycles. The molecular formula is C18H19N. The van der Waals surface area contributed by atoms with Crippen molar-refractivity contribution in [3.8, 4) is 11.3 Å². The van der Waals surface area contributed by atoms with Gasteiger partial charge in [0.2, 0.25) is 0 Å². The summed E-state index contributed by atoms with van der Waals surface area (Å²) in [4.78, 5) is 4.70. The highest BCUT2D eigenvalue weighted by molar-refractivity contribution is 5.61. The van der Waals surface area contributed by atoms with Crippen molar-refractivity contribution in [2.75, 3.05) is 0 Å². The van der Waals surface area contributed by atoms with Crippen LogP contribution in [-0.2, 0) is 6.42 Å². The van der Waals surface area contributed by atoms with Crippen molar-refractivity contribution >= 4 is 0 Å². The SMILES string of the molecule is CC1(C)C2Cc3cc(-c4ccccc4)ncc3C1C2. The smallest absolute Gasteiger partial charge is 0.0704 e. The first kappa shape index (κ1) is 11.2. The van der Waals surface area contributed by atoms with Gasteiger partial charge in [-0.3, -0.25) is 4.98 Å². The maximum Gasteiger partial charge on any atom is 0.0704 e. The molecule has 2 aromatic rings. The van der Waals surface area contributed by atoms with E-state index < -0.39 is 0 Å². The Bertz CT molecular complexity index is 627. The quantitative estimate of drug-likeness (QED) is 0.728. The Labute approximate surface area is 114 Å². The fraction of sp³-hybridized carbons (Fsp3) is 0.389. The molecule has 0 spiro atoms. The molecule has 1 heteroatoms. The van der Waals surface area contributed by atoms with Crippen molar-refractivity contribution in [3.05, 3.63) is 53.7 Å². The van der Waals surface area contributed by atoms with E-state index in [1.165, 1.54) is 29.5 Å². The Morgan fingerprint density at radius 1 is 1.16 bits per heavy atom. The lowest BCUT2D eigenvalue weighted by atomic mass is 9.47. The number of rotatable bonds is 1. The van der Waals surface area contributed by atoms with Gasteiger partial charge in [-0.2, -0.15) is 0 Å². The molecule has 2 bridgehead atoms. The number of pyridine rings is 1. The summed E-state index contributed by atoms with van der Waals surface area (Å²) in [5.74, 6) is 1.61. The summed E-state index contributed by atoms with van der Waals surface area (Å²) in [7, 11) is 0. The Morgan fingerprint density at radius 3 is 2.68 bits per heavy atom. The van der Waals surface area contributed by atoms with Crippen LogP contribution in [0.3, 0.4) is 0 Å². The van der Waals surface area contributed by atoms with Crippen LogP contribution in [0.5, 0.6) is 0 Å². The summed E-state index contributed by atoms with van der Waals surface area (Å²) < 4.78 is 0. The molecule has 1 nitrogen and oxygen atoms in total. The Kier molecular flexibility index (Phi) is 2.18. The van der Waals surface area contributed by atoms with Crippen LogP contribution in [0, 0.1) is 11.3 Å². The molecule has 0 aliphatic heterocycles. The Morgan fingerprint density at radius 2 is 1.95 bits per heavy atom. The first-order valence-electron chi connectivity index (χ1n) is 7.20. The predicted molar refractivity (Wildman–Crippen MR) is 78.0 cm³/mol. The van der Waals surface area contributed by atoms with Crippen molar-refractivity contribution in [2.24, 2.45) is 11.3 Å². The van der Waals surface area contributed by atoms with Gasteiger partial charge < -0.3 is 0 Å². The highest BCUT2D eigenvalue weighted by Gasteiger charge is 2.52. The first-order chi connectivity index (χ1) is 9.16. The van der Waals surface area contributed by atoms with Gasteiger partial charge in [0.25, 0.3) is 0 Å². The molecule has 1 aromatic heterocycles. The average Bonchev–Trinajstić information content (AvgIpc) is 2.46. The van der Waals surface area contributed by atoms with Crippen LogP contribution in [0.25, 0.3) is 11.3 Å². The van der Waals surface area contributed by atoms with Crippen molar-refractivity contribution in [2.45, 2.75) is 32.6 Å². The summed E-state index contributed by atoms with van der Waals surface area (Å²) in [6.07, 6.45) is 4.74. The third-order valence-corrected chi connectivity index (χ3v) is 5.41. The van der Waals surface area contributed by atoms with E-state index in [4.69, 9.17) is 4.98 Å². The molecule has 0 amide bonds. The standard InChI is InChI=1S/C18H19N/c1-18(2)14-8-13-9-17(12-6-4-3-5-7-12)19-11-15(13)16(18)10-14/h3-7,9,11,14,16H,8,10H2,1-2H3. The summed E-state index contributed by atoms with van der Waals surface area (Å²) in [6.45, 7) is 4.83. The van der Waals surface area contributed by atoms with E-state index >= 15 is 0 Å². The van der Waals surface area contributed by atoms with Crippen LogP contribution in [0.1, 0.15) is 37.3 Å². The molecular weight excluding hydrogens is 230 g/mol. The van der Waals surface area contributed by atoms with Crippen LogP contribution in [0.15, 0.2) is 42.6 Å². The summed E-state index contributed by atoms with van der Waals surface area (Å²) >= 11 is 0. The van der Waals surface area contributed by atoms with Crippen molar-refractivity contribution in [1.82, 2.24) is 4.98 Å². The van der Waals surface area contributed by atoms with E-state index in [2.05, 4.69) is 56.4 Å². The number of hydrogen-bond donors (Lipinski definition) is 0. The van der Waals surface area contributed by atoms with Crippen molar-refractivity contribution in [1.29, 1.82) is 0 Å². The average molecular weight is 249 g/mol. The van der Waals surface area contributed by atoms with Crippen molar-refractivity contribution < 1.29 is 0 Å². The molecule has 0 N–H and O–H groups in total. The monoisotopic (exact) mass is 249 g/mol. The molecule has 1 saturated carbocycles. The van der Waals surface area contributed by atoms with Crippen LogP contribution in [0.4, 0.5) is 0 Å². The van der Waals surface area contributed by atoms with Gasteiger partial charge >= 0.3 is 0 Å². The van der Waals surface area contributed by atoms with Gasteiger partial charge in [0.1, 0.15) is 0 Å². The van der Waals surface area contributed by atoms with Crippen LogP contribution < -0.4 is 0 Å². The minimum atomic E-state index is 0.489. The van der Waals surface area contributed by atoms with E-state index in [0.29, 0.717) is 5.41 Å². The minimum Gasteiger partial charge on any atom is -0.256 e. The van der Waals surface area contributed by atoms with E-state index in [-0.39, 0.29) is 0 Å². The molecule has 1 aromatic carbocycles. The lowest BCUT2D eigenvalue weighted by Crippen LogP contribution is -2.48. The minimum absolute atomic E-state index is 0.489. The van der Waals surface area contributed by atoms with E-state index in [9.17, 15) is 0 Å². The lowest BCUT2D eigenvalue weighted by Gasteiger charge is -2.57. The zero-order valence-electron chi connectivity index (χ0n) is 11.6. The van der Waals surface area contributed by atoms with E-state index in [1.54, 1.807) is 0 Å². The number of hydrogen-bond acceptors (Lipinski definition) is 1. The topological polar surface area (TPSA) is 12.9 Å². The molecule has 5 rings (SSSR count). The van der Waals surface area contributed by atoms with Crippen LogP contribution in [0.2, 0.25) is 0 Å². The maximum atomic E-state index is 4.70. The second kappa shape index (κ2) is 3.69. The van der Waals surface area contributed by atoms with Crippen LogP contribution >= 0.6 is 0 Å². The zero-order chi connectivity index (χ0) is 13.0. The maximum absolute atomic E-state index is 4.70. The molecule has 3 aliphatic rings. The second-order valence-electron chi connectivity index (χ2n) is 6.65. The highest BCUT2D eigenvalue weighted by atomic mass is 14.7. The first-order valence-corrected chi connectivity index (χ1v) is 7.20. The fourth-order valence-corrected chi connectivity index (χ4v) is 3.92. The zero-order valence-corrected chi connectivity index (χ0v) is 11.6. The fourth-order valence-electron chi connectivity index (χ4n) is 3.92. The number of benzene rings is 1. The summed E-state index contributed by atoms with van der Waals surface area (Å²) in [5.41, 5.74) is 5.88. The lowest BCUT2D eigenvalue weighted by molar-refractivity contribution is 0.0183. The van der Waals surface area contributed by atoms with Crippen LogP contribution in [-0.4, -0.2) is 4.98 Å². The van der Waals surface area contributed by atoms with Gasteiger partial charge in [-0.15, -0.1) is 0 Å². The highest BCUT2D eigenvalue weighted by Crippen LogP contribution is 2.62. The molecule has 0 radical (unpaired) electrons. The van der Waals surface area contributed by atoms with E-state index in [0.717, 1.165) is 17.5 Å². The molecule has 1 fully saturated rings. The van der Waals surface area contributed by atoms with Gasteiger partial charge in [-0.1, -0.05) is 44.2 Å². The van der Waals surface area contributed by atoms with Gasteiger partial charge in [0.05, 0.1) is 5.69 Å². The summed E-state index contributed by atoms with van der Waals surface area (Å²) in [6, 6.07) is 12.8. The van der Waals surface area contributed by atoms with Gasteiger partial charge in [0.15, 0.2) is 0 Å². The molecule has 1 heterocycles. The van der Waals surface area contributed by atoms with E-state index in [1.807, 2.05) is 0 Å². The third kappa shape index (κ3) is 1.51. The molecule has 96 valence electrons. The van der Waals surface area contributed by atoms with Gasteiger partial charge in [-0.05, 0) is 47.3 Å². The van der Waals surface area contributed by atoms with Gasteiger partial charge in [-0.25, -0.2) is 0 Å². The molecule has 3 aliphatic carbocycles.